The minimum atomic E-state index is -0.0901. The van der Waals surface area contributed by atoms with Crippen LogP contribution in [-0.4, -0.2) is 9.97 Å². The van der Waals surface area contributed by atoms with Crippen LogP contribution >= 0.6 is 0 Å². The van der Waals surface area contributed by atoms with Crippen LogP contribution in [0.1, 0.15) is 49.9 Å². The molecule has 0 fully saturated rings. The summed E-state index contributed by atoms with van der Waals surface area (Å²) >= 11 is 0. The van der Waals surface area contributed by atoms with Gasteiger partial charge in [-0.2, -0.15) is 0 Å². The zero-order chi connectivity index (χ0) is 37.8. The molecule has 0 amide bonds. The molecule has 11 rings (SSSR count). The van der Waals surface area contributed by atoms with E-state index in [4.69, 9.17) is 9.97 Å². The second-order valence-corrected chi connectivity index (χ2v) is 16.6. The van der Waals surface area contributed by atoms with Crippen molar-refractivity contribution in [3.63, 3.8) is 0 Å². The Balaban J connectivity index is 1.07. The summed E-state index contributed by atoms with van der Waals surface area (Å²) in [7, 11) is 0. The van der Waals surface area contributed by atoms with Crippen LogP contribution in [0.5, 0.6) is 0 Å². The summed E-state index contributed by atoms with van der Waals surface area (Å²) in [4.78, 5) is 10.7. The van der Waals surface area contributed by atoms with Gasteiger partial charge in [0.1, 0.15) is 0 Å². The Bertz CT molecular complexity index is 3080. The van der Waals surface area contributed by atoms with Crippen LogP contribution in [0.2, 0.25) is 0 Å². The molecule has 0 bridgehead atoms. The second kappa shape index (κ2) is 11.9. The highest BCUT2D eigenvalue weighted by molar-refractivity contribution is 6.05. The highest BCUT2D eigenvalue weighted by Crippen LogP contribution is 2.53. The average molecular weight is 717 g/mol. The molecule has 0 saturated carbocycles. The van der Waals surface area contributed by atoms with Gasteiger partial charge in [-0.15, -0.1) is 0 Å². The lowest BCUT2D eigenvalue weighted by atomic mass is 9.80. The zero-order valence-corrected chi connectivity index (χ0v) is 32.1. The molecule has 266 valence electrons. The maximum absolute atomic E-state index is 5.37. The summed E-state index contributed by atoms with van der Waals surface area (Å²) in [5, 5.41) is 4.96. The van der Waals surface area contributed by atoms with Crippen molar-refractivity contribution in [1.29, 1.82) is 0 Å². The first-order chi connectivity index (χ1) is 27.3. The van der Waals surface area contributed by atoms with E-state index in [1.807, 2.05) is 0 Å². The Morgan fingerprint density at radius 3 is 1.70 bits per heavy atom. The van der Waals surface area contributed by atoms with Crippen molar-refractivity contribution in [2.45, 2.75) is 38.5 Å². The lowest BCUT2D eigenvalue weighted by Crippen LogP contribution is -2.15. The van der Waals surface area contributed by atoms with Gasteiger partial charge in [-0.1, -0.05) is 173 Å². The summed E-state index contributed by atoms with van der Waals surface area (Å²) < 4.78 is 0. The first kappa shape index (κ1) is 32.8. The van der Waals surface area contributed by atoms with Crippen LogP contribution in [0.15, 0.2) is 170 Å². The second-order valence-electron chi connectivity index (χ2n) is 16.6. The van der Waals surface area contributed by atoms with Crippen molar-refractivity contribution < 1.29 is 0 Å². The first-order valence-electron chi connectivity index (χ1n) is 19.7. The monoisotopic (exact) mass is 716 g/mol. The molecule has 56 heavy (non-hydrogen) atoms. The van der Waals surface area contributed by atoms with Crippen LogP contribution in [0.3, 0.4) is 0 Å². The van der Waals surface area contributed by atoms with E-state index in [1.165, 1.54) is 71.8 Å². The minimum absolute atomic E-state index is 0.0516. The number of rotatable bonds is 4. The molecular weight excluding hydrogens is 677 g/mol. The lowest BCUT2D eigenvalue weighted by Gasteiger charge is -2.23. The standard InChI is InChI=1S/C54H40N2/c1-53(2)46-21-13-12-20-41(46)44-31-36(24-29-47(44)53)50-32-49(34-15-6-5-7-16-34)55-52(56-50)43-27-26-37(39-18-10-11-19-40(39)43)35-23-28-48-45(30-35)42-25-22-33-14-8-9-17-38(33)51(42)54(48,3)4/h5-32H,1-4H3. The molecule has 0 spiro atoms. The summed E-state index contributed by atoms with van der Waals surface area (Å²) in [5.74, 6) is 0.724. The Hall–Kier alpha value is -6.64. The highest BCUT2D eigenvalue weighted by atomic mass is 14.9. The molecule has 1 heterocycles. The molecule has 0 aliphatic heterocycles. The largest absolute Gasteiger partial charge is 0.228 e. The molecule has 1 aromatic heterocycles. The van der Waals surface area contributed by atoms with Gasteiger partial charge in [0.15, 0.2) is 5.82 Å². The van der Waals surface area contributed by atoms with E-state index in [0.29, 0.717) is 0 Å². The van der Waals surface area contributed by atoms with Crippen molar-refractivity contribution in [3.05, 3.63) is 192 Å². The fourth-order valence-corrected chi connectivity index (χ4v) is 9.88. The van der Waals surface area contributed by atoms with Crippen LogP contribution in [-0.2, 0) is 10.8 Å². The Morgan fingerprint density at radius 1 is 0.339 bits per heavy atom. The fraction of sp³-hybridized carbons (Fsp3) is 0.111. The molecule has 0 radical (unpaired) electrons. The Labute approximate surface area is 328 Å². The predicted octanol–water partition coefficient (Wildman–Crippen LogP) is 14.1. The number of fused-ring (bicyclic) bond motifs is 9. The maximum Gasteiger partial charge on any atom is 0.161 e. The number of aromatic nitrogens is 2. The van der Waals surface area contributed by atoms with Gasteiger partial charge in [0.25, 0.3) is 0 Å². The third-order valence-corrected chi connectivity index (χ3v) is 12.7. The van der Waals surface area contributed by atoms with Gasteiger partial charge >= 0.3 is 0 Å². The molecule has 0 saturated heterocycles. The van der Waals surface area contributed by atoms with Crippen molar-refractivity contribution in [1.82, 2.24) is 9.97 Å². The van der Waals surface area contributed by atoms with Crippen molar-refractivity contribution in [2.24, 2.45) is 0 Å². The van der Waals surface area contributed by atoms with Crippen molar-refractivity contribution in [3.8, 4) is 67.3 Å². The van der Waals surface area contributed by atoms with Gasteiger partial charge in [-0.05, 0) is 101 Å². The van der Waals surface area contributed by atoms with Gasteiger partial charge in [0.2, 0.25) is 0 Å². The van der Waals surface area contributed by atoms with E-state index in [-0.39, 0.29) is 10.8 Å². The smallest absolute Gasteiger partial charge is 0.161 e. The van der Waals surface area contributed by atoms with Gasteiger partial charge in [0.05, 0.1) is 11.4 Å². The average Bonchev–Trinajstić information content (AvgIpc) is 3.62. The molecule has 8 aromatic carbocycles. The molecule has 0 N–H and O–H groups in total. The van der Waals surface area contributed by atoms with E-state index in [1.54, 1.807) is 0 Å². The maximum atomic E-state index is 5.37. The number of nitrogens with zero attached hydrogens (tertiary/aromatic N) is 2. The molecule has 0 atom stereocenters. The quantitative estimate of drug-likeness (QED) is 0.181. The van der Waals surface area contributed by atoms with E-state index in [2.05, 4.69) is 198 Å². The molecule has 0 unspecified atom stereocenters. The Kier molecular flexibility index (Phi) is 6.98. The van der Waals surface area contributed by atoms with E-state index in [0.717, 1.165) is 39.3 Å². The number of hydrogen-bond donors (Lipinski definition) is 0. The molecule has 2 nitrogen and oxygen atoms in total. The molecule has 2 aliphatic rings. The number of benzene rings is 8. The molecular formula is C54H40N2. The van der Waals surface area contributed by atoms with Crippen molar-refractivity contribution in [2.75, 3.05) is 0 Å². The molecule has 2 heteroatoms. The molecule has 2 aliphatic carbocycles. The molecule has 9 aromatic rings. The lowest BCUT2D eigenvalue weighted by molar-refractivity contribution is 0.660. The fourth-order valence-electron chi connectivity index (χ4n) is 9.88. The summed E-state index contributed by atoms with van der Waals surface area (Å²) in [5.41, 5.74) is 18.1. The SMILES string of the molecule is CC1(C)c2ccccc2-c2cc(-c3cc(-c4ccccc4)nc(-c4ccc(-c5ccc6c(c5)-c5ccc7ccccc7c5C6(C)C)c5ccccc45)n3)ccc21. The summed E-state index contributed by atoms with van der Waals surface area (Å²) in [6, 6.07) is 62.0. The van der Waals surface area contributed by atoms with Crippen molar-refractivity contribution >= 4 is 21.5 Å². The van der Waals surface area contributed by atoms with E-state index < -0.39 is 0 Å². The Morgan fingerprint density at radius 2 is 0.893 bits per heavy atom. The first-order valence-corrected chi connectivity index (χ1v) is 19.7. The van der Waals surface area contributed by atoms with E-state index in [9.17, 15) is 0 Å². The van der Waals surface area contributed by atoms with E-state index >= 15 is 0 Å². The van der Waals surface area contributed by atoms with Gasteiger partial charge in [0, 0.05) is 27.5 Å². The highest BCUT2D eigenvalue weighted by Gasteiger charge is 2.37. The summed E-state index contributed by atoms with van der Waals surface area (Å²) in [6.45, 7) is 9.39. The van der Waals surface area contributed by atoms with Gasteiger partial charge in [-0.25, -0.2) is 9.97 Å². The minimum Gasteiger partial charge on any atom is -0.228 e. The number of hydrogen-bond acceptors (Lipinski definition) is 2. The van der Waals surface area contributed by atoms with Crippen LogP contribution in [0.25, 0.3) is 88.8 Å². The van der Waals surface area contributed by atoms with Crippen LogP contribution in [0, 0.1) is 0 Å². The predicted molar refractivity (Wildman–Crippen MR) is 234 cm³/mol. The normalized spacial score (nSPS) is 14.4. The zero-order valence-electron chi connectivity index (χ0n) is 32.1. The van der Waals surface area contributed by atoms with Crippen LogP contribution < -0.4 is 0 Å². The van der Waals surface area contributed by atoms with Gasteiger partial charge in [-0.3, -0.25) is 0 Å². The topological polar surface area (TPSA) is 25.8 Å². The third-order valence-electron chi connectivity index (χ3n) is 12.7. The van der Waals surface area contributed by atoms with Gasteiger partial charge < -0.3 is 0 Å². The van der Waals surface area contributed by atoms with Crippen LogP contribution in [0.4, 0.5) is 0 Å². The third kappa shape index (κ3) is 4.75. The summed E-state index contributed by atoms with van der Waals surface area (Å²) in [6.07, 6.45) is 0.